The molecule has 11 heteroatoms. The smallest absolute Gasteiger partial charge is 0.243 e. The van der Waals surface area contributed by atoms with Crippen LogP contribution in [0.15, 0.2) is 17.1 Å². The summed E-state index contributed by atoms with van der Waals surface area (Å²) in [7, 11) is 1.53. The zero-order valence-corrected chi connectivity index (χ0v) is 18.0. The van der Waals surface area contributed by atoms with Gasteiger partial charge < -0.3 is 16.0 Å². The maximum atomic E-state index is 13.5. The lowest BCUT2D eigenvalue weighted by Crippen LogP contribution is -2.41. The van der Waals surface area contributed by atoms with Crippen molar-refractivity contribution in [3.05, 3.63) is 45.2 Å². The fourth-order valence-corrected chi connectivity index (χ4v) is 2.98. The van der Waals surface area contributed by atoms with E-state index in [9.17, 15) is 18.0 Å². The third kappa shape index (κ3) is 6.34. The number of halogens is 4. The van der Waals surface area contributed by atoms with Gasteiger partial charge in [0.2, 0.25) is 5.91 Å². The Hall–Kier alpha value is -1.89. The van der Waals surface area contributed by atoms with Crippen LogP contribution in [0.2, 0.25) is 0 Å². The third-order valence-corrected chi connectivity index (χ3v) is 4.44. The summed E-state index contributed by atoms with van der Waals surface area (Å²) in [6, 6.07) is 1.69. The highest BCUT2D eigenvalue weighted by molar-refractivity contribution is 14.0. The van der Waals surface area contributed by atoms with E-state index in [2.05, 4.69) is 25.9 Å². The minimum Gasteiger partial charge on any atom is -0.351 e. The third-order valence-electron chi connectivity index (χ3n) is 3.37. The number of anilines is 1. The number of nitrogens with one attached hydrogen (secondary N) is 3. The number of carbonyl (C=O) groups excluding carboxylic acids is 1. The number of hydrogen-bond donors (Lipinski definition) is 3. The fraction of sp³-hybridized carbons (Fsp3) is 0.312. The van der Waals surface area contributed by atoms with Crippen molar-refractivity contribution < 1.29 is 18.0 Å². The number of rotatable bonds is 5. The molecule has 0 spiro atoms. The van der Waals surface area contributed by atoms with Gasteiger partial charge in [-0.2, -0.15) is 0 Å². The highest BCUT2D eigenvalue weighted by atomic mass is 127. The van der Waals surface area contributed by atoms with E-state index < -0.39 is 29.0 Å². The van der Waals surface area contributed by atoms with Gasteiger partial charge in [0.15, 0.2) is 23.4 Å². The van der Waals surface area contributed by atoms with Crippen LogP contribution in [0.5, 0.6) is 0 Å². The first-order chi connectivity index (χ1) is 12.3. The van der Waals surface area contributed by atoms with Crippen molar-refractivity contribution in [3.63, 3.8) is 0 Å². The van der Waals surface area contributed by atoms with Crippen molar-refractivity contribution in [1.29, 1.82) is 0 Å². The fourth-order valence-electron chi connectivity index (χ4n) is 2.10. The molecule has 148 valence electrons. The minimum absolute atomic E-state index is 0. The summed E-state index contributed by atoms with van der Waals surface area (Å²) in [5.74, 6) is -4.68. The average molecular weight is 513 g/mol. The molecule has 6 nitrogen and oxygen atoms in total. The van der Waals surface area contributed by atoms with Crippen LogP contribution in [-0.4, -0.2) is 30.4 Å². The molecule has 0 unspecified atom stereocenters. The van der Waals surface area contributed by atoms with Crippen LogP contribution in [0.1, 0.15) is 15.6 Å². The lowest BCUT2D eigenvalue weighted by molar-refractivity contribution is -0.115. The monoisotopic (exact) mass is 513 g/mol. The second-order valence-corrected chi connectivity index (χ2v) is 6.58. The molecule has 0 bridgehead atoms. The zero-order chi connectivity index (χ0) is 19.3. The van der Waals surface area contributed by atoms with Crippen molar-refractivity contribution in [2.75, 3.05) is 18.9 Å². The Morgan fingerprint density at radius 3 is 2.48 bits per heavy atom. The number of aliphatic imine (C=N–C) groups is 1. The molecule has 0 saturated carbocycles. The van der Waals surface area contributed by atoms with Crippen molar-refractivity contribution in [1.82, 2.24) is 15.6 Å². The van der Waals surface area contributed by atoms with Gasteiger partial charge in [0.1, 0.15) is 0 Å². The zero-order valence-electron chi connectivity index (χ0n) is 14.8. The van der Waals surface area contributed by atoms with Gasteiger partial charge >= 0.3 is 0 Å². The molecule has 0 atom stereocenters. The van der Waals surface area contributed by atoms with Crippen molar-refractivity contribution in [2.24, 2.45) is 4.99 Å². The summed E-state index contributed by atoms with van der Waals surface area (Å²) in [5, 5.41) is 8.91. The molecule has 0 radical (unpaired) electrons. The predicted molar refractivity (Wildman–Crippen MR) is 110 cm³/mol. The molecule has 0 aliphatic carbocycles. The van der Waals surface area contributed by atoms with E-state index in [1.54, 1.807) is 11.3 Å². The van der Waals surface area contributed by atoms with E-state index in [0.29, 0.717) is 12.5 Å². The predicted octanol–water partition coefficient (Wildman–Crippen LogP) is 3.10. The molecule has 2 rings (SSSR count). The summed E-state index contributed by atoms with van der Waals surface area (Å²) >= 11 is 1.55. The molecular formula is C16H19F3IN5OS. The second kappa shape index (κ2) is 10.4. The average Bonchev–Trinajstić information content (AvgIpc) is 2.93. The lowest BCUT2D eigenvalue weighted by Gasteiger charge is -2.12. The van der Waals surface area contributed by atoms with Crippen molar-refractivity contribution >= 4 is 52.9 Å². The normalized spacial score (nSPS) is 11.0. The van der Waals surface area contributed by atoms with Crippen LogP contribution in [0.3, 0.4) is 0 Å². The molecule has 0 aliphatic rings. The Morgan fingerprint density at radius 1 is 1.19 bits per heavy atom. The number of nitrogens with zero attached hydrogens (tertiary/aromatic N) is 2. The SMILES string of the molecule is CN=C(NCC(=O)Nc1ccc(F)c(F)c1F)NCc1sc(C)nc1C.I. The van der Waals surface area contributed by atoms with Gasteiger partial charge in [0.25, 0.3) is 0 Å². The van der Waals surface area contributed by atoms with Crippen molar-refractivity contribution in [2.45, 2.75) is 20.4 Å². The summed E-state index contributed by atoms with van der Waals surface area (Å²) in [4.78, 5) is 21.2. The summed E-state index contributed by atoms with van der Waals surface area (Å²) in [5.41, 5.74) is 0.483. The molecule has 1 amide bonds. The number of thiazole rings is 1. The van der Waals surface area contributed by atoms with Crippen LogP contribution in [0.4, 0.5) is 18.9 Å². The Balaban J connectivity index is 0.00000364. The van der Waals surface area contributed by atoms with E-state index >= 15 is 0 Å². The van der Waals surface area contributed by atoms with Gasteiger partial charge in [-0.25, -0.2) is 18.2 Å². The van der Waals surface area contributed by atoms with Gasteiger partial charge in [-0.1, -0.05) is 0 Å². The highest BCUT2D eigenvalue weighted by Gasteiger charge is 2.15. The molecule has 3 N–H and O–H groups in total. The molecule has 1 aromatic carbocycles. The second-order valence-electron chi connectivity index (χ2n) is 5.29. The van der Waals surface area contributed by atoms with E-state index in [4.69, 9.17) is 0 Å². The minimum atomic E-state index is -1.64. The molecule has 1 heterocycles. The first kappa shape index (κ1) is 23.1. The quantitative estimate of drug-likeness (QED) is 0.249. The standard InChI is InChI=1S/C16H18F3N5OS.HI/c1-8-12(26-9(2)23-8)6-21-16(20-3)22-7-13(25)24-11-5-4-10(17)14(18)15(11)19;/h4-5H,6-7H2,1-3H3,(H,24,25)(H2,20,21,22);1H. The van der Waals surface area contributed by atoms with E-state index in [0.717, 1.165) is 27.7 Å². The molecular weight excluding hydrogens is 494 g/mol. The number of amides is 1. The topological polar surface area (TPSA) is 78.4 Å². The van der Waals surface area contributed by atoms with Crippen LogP contribution < -0.4 is 16.0 Å². The van der Waals surface area contributed by atoms with Crippen molar-refractivity contribution in [3.8, 4) is 0 Å². The van der Waals surface area contributed by atoms with E-state index in [-0.39, 0.29) is 30.5 Å². The maximum Gasteiger partial charge on any atom is 0.243 e. The molecule has 0 fully saturated rings. The number of carbonyl (C=O) groups is 1. The van der Waals surface area contributed by atoms with Crippen LogP contribution in [0.25, 0.3) is 0 Å². The number of aromatic nitrogens is 1. The molecule has 2 aromatic rings. The molecule has 0 saturated heterocycles. The lowest BCUT2D eigenvalue weighted by atomic mass is 10.2. The Bertz CT molecular complexity index is 844. The first-order valence-electron chi connectivity index (χ1n) is 7.62. The van der Waals surface area contributed by atoms with Crippen LogP contribution >= 0.6 is 35.3 Å². The first-order valence-corrected chi connectivity index (χ1v) is 8.44. The van der Waals surface area contributed by atoms with Crippen LogP contribution in [-0.2, 0) is 11.3 Å². The Kier molecular flexibility index (Phi) is 8.96. The number of benzene rings is 1. The Labute approximate surface area is 175 Å². The molecule has 27 heavy (non-hydrogen) atoms. The van der Waals surface area contributed by atoms with Gasteiger partial charge in [0, 0.05) is 11.9 Å². The molecule has 1 aromatic heterocycles. The number of aryl methyl sites for hydroxylation is 2. The van der Waals surface area contributed by atoms with Gasteiger partial charge in [-0.15, -0.1) is 35.3 Å². The number of guanidine groups is 1. The van der Waals surface area contributed by atoms with E-state index in [1.165, 1.54) is 7.05 Å². The maximum absolute atomic E-state index is 13.5. The highest BCUT2D eigenvalue weighted by Crippen LogP contribution is 2.19. The van der Waals surface area contributed by atoms with Gasteiger partial charge in [-0.3, -0.25) is 9.79 Å². The van der Waals surface area contributed by atoms with Gasteiger partial charge in [-0.05, 0) is 26.0 Å². The van der Waals surface area contributed by atoms with Crippen LogP contribution in [0, 0.1) is 31.3 Å². The number of hydrogen-bond acceptors (Lipinski definition) is 4. The molecule has 0 aliphatic heterocycles. The largest absolute Gasteiger partial charge is 0.351 e. The van der Waals surface area contributed by atoms with E-state index in [1.807, 2.05) is 13.8 Å². The summed E-state index contributed by atoms with van der Waals surface area (Å²) < 4.78 is 39.6. The Morgan fingerprint density at radius 2 is 1.89 bits per heavy atom. The van der Waals surface area contributed by atoms with Gasteiger partial charge in [0.05, 0.1) is 29.5 Å². The summed E-state index contributed by atoms with van der Waals surface area (Å²) in [6.45, 7) is 4.06. The summed E-state index contributed by atoms with van der Waals surface area (Å²) in [6.07, 6.45) is 0.